The first-order valence-electron chi connectivity index (χ1n) is 4.21. The van der Waals surface area contributed by atoms with Gasteiger partial charge < -0.3 is 9.52 Å². The van der Waals surface area contributed by atoms with Crippen molar-refractivity contribution in [1.82, 2.24) is 4.98 Å². The monoisotopic (exact) mass is 169 g/mol. The molecule has 0 fully saturated rings. The molecule has 3 heteroatoms. The van der Waals surface area contributed by atoms with E-state index in [2.05, 4.69) is 4.98 Å². The first kappa shape index (κ1) is 9.26. The summed E-state index contributed by atoms with van der Waals surface area (Å²) in [5.74, 6) is 1.12. The normalized spacial score (nSPS) is 13.8. The fourth-order valence-corrected chi connectivity index (χ4v) is 0.886. The van der Waals surface area contributed by atoms with E-state index < -0.39 is 0 Å². The van der Waals surface area contributed by atoms with Gasteiger partial charge in [0, 0.05) is 11.8 Å². The Labute approximate surface area is 72.4 Å². The van der Waals surface area contributed by atoms with Crippen molar-refractivity contribution < 1.29 is 9.52 Å². The molecule has 1 heterocycles. The lowest BCUT2D eigenvalue weighted by atomic mass is 10.1. The van der Waals surface area contributed by atoms with Crippen molar-refractivity contribution in [1.29, 1.82) is 0 Å². The molecule has 1 unspecified atom stereocenters. The van der Waals surface area contributed by atoms with Gasteiger partial charge in [-0.2, -0.15) is 0 Å². The Morgan fingerprint density at radius 3 is 2.58 bits per heavy atom. The van der Waals surface area contributed by atoms with Gasteiger partial charge in [-0.25, -0.2) is 4.98 Å². The van der Waals surface area contributed by atoms with Gasteiger partial charge in [0.05, 0.1) is 12.3 Å². The molecule has 1 aromatic rings. The Hall–Kier alpha value is -0.830. The van der Waals surface area contributed by atoms with Gasteiger partial charge >= 0.3 is 0 Å². The van der Waals surface area contributed by atoms with Gasteiger partial charge in [-0.15, -0.1) is 0 Å². The van der Waals surface area contributed by atoms with Gasteiger partial charge in [0.1, 0.15) is 6.26 Å². The van der Waals surface area contributed by atoms with E-state index in [-0.39, 0.29) is 12.5 Å². The summed E-state index contributed by atoms with van der Waals surface area (Å²) in [6, 6.07) is 0. The minimum absolute atomic E-state index is 0.0706. The second-order valence-electron chi connectivity index (χ2n) is 3.35. The van der Waals surface area contributed by atoms with E-state index in [9.17, 15) is 0 Å². The van der Waals surface area contributed by atoms with Gasteiger partial charge in [-0.3, -0.25) is 0 Å². The Bertz CT molecular complexity index is 242. The lowest BCUT2D eigenvalue weighted by Gasteiger charge is -2.00. The first-order valence-corrected chi connectivity index (χ1v) is 4.21. The number of hydrogen-bond acceptors (Lipinski definition) is 3. The van der Waals surface area contributed by atoms with E-state index in [1.165, 1.54) is 0 Å². The molecule has 0 aliphatic heterocycles. The van der Waals surface area contributed by atoms with Crippen LogP contribution in [0.2, 0.25) is 0 Å². The maximum absolute atomic E-state index is 8.85. The minimum atomic E-state index is 0.0706. The van der Waals surface area contributed by atoms with E-state index in [1.54, 1.807) is 6.26 Å². The summed E-state index contributed by atoms with van der Waals surface area (Å²) in [5, 5.41) is 8.85. The van der Waals surface area contributed by atoms with Gasteiger partial charge in [-0.1, -0.05) is 20.8 Å². The van der Waals surface area contributed by atoms with Crippen molar-refractivity contribution in [3.63, 3.8) is 0 Å². The molecule has 1 N–H and O–H groups in total. The summed E-state index contributed by atoms with van der Waals surface area (Å²) in [5.41, 5.74) is 0.834. The third-order valence-corrected chi connectivity index (χ3v) is 1.81. The van der Waals surface area contributed by atoms with E-state index in [0.29, 0.717) is 5.92 Å². The second-order valence-corrected chi connectivity index (χ2v) is 3.35. The second kappa shape index (κ2) is 3.72. The van der Waals surface area contributed by atoms with Crippen LogP contribution in [0, 0.1) is 0 Å². The van der Waals surface area contributed by atoms with Crippen LogP contribution in [0.5, 0.6) is 0 Å². The number of hydrogen-bond donors (Lipinski definition) is 1. The molecule has 0 bridgehead atoms. The third-order valence-electron chi connectivity index (χ3n) is 1.81. The summed E-state index contributed by atoms with van der Waals surface area (Å²) < 4.78 is 5.23. The average molecular weight is 169 g/mol. The van der Waals surface area contributed by atoms with Crippen LogP contribution in [-0.4, -0.2) is 16.7 Å². The van der Waals surface area contributed by atoms with Crippen LogP contribution >= 0.6 is 0 Å². The van der Waals surface area contributed by atoms with Gasteiger partial charge in [0.15, 0.2) is 5.89 Å². The Balaban J connectivity index is 2.77. The zero-order chi connectivity index (χ0) is 9.14. The fourth-order valence-electron chi connectivity index (χ4n) is 0.886. The van der Waals surface area contributed by atoms with Crippen LogP contribution in [0.25, 0.3) is 0 Å². The number of nitrogens with zero attached hydrogens (tertiary/aromatic N) is 1. The predicted molar refractivity (Wildman–Crippen MR) is 46.1 cm³/mol. The molecule has 12 heavy (non-hydrogen) atoms. The Morgan fingerprint density at radius 1 is 1.50 bits per heavy atom. The summed E-state index contributed by atoms with van der Waals surface area (Å²) in [6.07, 6.45) is 1.62. The molecule has 0 spiro atoms. The molecule has 1 atom stereocenters. The predicted octanol–water partition coefficient (Wildman–Crippen LogP) is 1.89. The highest BCUT2D eigenvalue weighted by molar-refractivity contribution is 5.04. The average Bonchev–Trinajstić information content (AvgIpc) is 2.51. The highest BCUT2D eigenvalue weighted by Crippen LogP contribution is 2.18. The van der Waals surface area contributed by atoms with Crippen LogP contribution < -0.4 is 0 Å². The van der Waals surface area contributed by atoms with Crippen molar-refractivity contribution in [2.75, 3.05) is 6.61 Å². The first-order chi connectivity index (χ1) is 5.65. The van der Waals surface area contributed by atoms with Crippen LogP contribution in [0.15, 0.2) is 10.7 Å². The lowest BCUT2D eigenvalue weighted by molar-refractivity contribution is 0.271. The highest BCUT2D eigenvalue weighted by Gasteiger charge is 2.11. The summed E-state index contributed by atoms with van der Waals surface area (Å²) in [6.45, 7) is 6.09. The lowest BCUT2D eigenvalue weighted by Crippen LogP contribution is -1.99. The number of aliphatic hydroxyl groups is 1. The van der Waals surface area contributed by atoms with E-state index in [0.717, 1.165) is 11.6 Å². The molecule has 1 aromatic heterocycles. The van der Waals surface area contributed by atoms with Crippen molar-refractivity contribution in [2.45, 2.75) is 32.6 Å². The number of aromatic nitrogens is 1. The number of aliphatic hydroxyl groups excluding tert-OH is 1. The smallest absolute Gasteiger partial charge is 0.196 e. The molecule has 1 rings (SSSR count). The fraction of sp³-hybridized carbons (Fsp3) is 0.667. The maximum atomic E-state index is 8.85. The molecule has 0 saturated carbocycles. The van der Waals surface area contributed by atoms with E-state index in [4.69, 9.17) is 9.52 Å². The molecule has 3 nitrogen and oxygen atoms in total. The van der Waals surface area contributed by atoms with Gasteiger partial charge in [0.25, 0.3) is 0 Å². The zero-order valence-corrected chi connectivity index (χ0v) is 7.74. The third kappa shape index (κ3) is 1.85. The molecule has 0 aromatic carbocycles. The van der Waals surface area contributed by atoms with Crippen molar-refractivity contribution in [2.24, 2.45) is 0 Å². The van der Waals surface area contributed by atoms with Gasteiger partial charge in [-0.05, 0) is 0 Å². The largest absolute Gasteiger partial charge is 0.448 e. The van der Waals surface area contributed by atoms with Crippen molar-refractivity contribution in [3.8, 4) is 0 Å². The Morgan fingerprint density at radius 2 is 2.17 bits per heavy atom. The van der Waals surface area contributed by atoms with E-state index in [1.807, 2.05) is 20.8 Å². The molecule has 0 aliphatic rings. The molecule has 68 valence electrons. The zero-order valence-electron chi connectivity index (χ0n) is 7.74. The van der Waals surface area contributed by atoms with Gasteiger partial charge in [0.2, 0.25) is 0 Å². The van der Waals surface area contributed by atoms with Crippen LogP contribution in [0.4, 0.5) is 0 Å². The Kier molecular flexibility index (Phi) is 2.87. The van der Waals surface area contributed by atoms with Crippen molar-refractivity contribution >= 4 is 0 Å². The van der Waals surface area contributed by atoms with Crippen LogP contribution in [-0.2, 0) is 0 Å². The van der Waals surface area contributed by atoms with Crippen LogP contribution in [0.3, 0.4) is 0 Å². The SMILES string of the molecule is CC(C)c1nc(C(C)CO)co1. The number of oxazole rings is 1. The minimum Gasteiger partial charge on any atom is -0.448 e. The highest BCUT2D eigenvalue weighted by atomic mass is 16.3. The molecule has 0 saturated heterocycles. The summed E-state index contributed by atoms with van der Waals surface area (Å²) in [7, 11) is 0. The molecular formula is C9H15NO2. The van der Waals surface area contributed by atoms with Crippen LogP contribution in [0.1, 0.15) is 44.2 Å². The van der Waals surface area contributed by atoms with E-state index >= 15 is 0 Å². The standard InChI is InChI=1S/C9H15NO2/c1-6(2)9-10-8(5-12-9)7(3)4-11/h5-7,11H,4H2,1-3H3. The molecule has 0 amide bonds. The number of rotatable bonds is 3. The quantitative estimate of drug-likeness (QED) is 0.751. The maximum Gasteiger partial charge on any atom is 0.196 e. The summed E-state index contributed by atoms with van der Waals surface area (Å²) in [4.78, 5) is 4.25. The topological polar surface area (TPSA) is 46.3 Å². The van der Waals surface area contributed by atoms with Crippen molar-refractivity contribution in [3.05, 3.63) is 17.8 Å². The summed E-state index contributed by atoms with van der Waals surface area (Å²) >= 11 is 0. The molecular weight excluding hydrogens is 154 g/mol. The molecule has 0 radical (unpaired) electrons. The molecule has 0 aliphatic carbocycles.